The Kier molecular flexibility index (Phi) is 12.4. The normalized spacial score (nSPS) is 12.2. The molecule has 0 aliphatic heterocycles. The molecule has 0 unspecified atom stereocenters. The van der Waals surface area contributed by atoms with Crippen LogP contribution in [-0.2, 0) is 0 Å². The first-order valence-corrected chi connectivity index (χ1v) is 36.0. The topological polar surface area (TPSA) is 80.0 Å². The van der Waals surface area contributed by atoms with Crippen molar-refractivity contribution >= 4 is 142 Å². The van der Waals surface area contributed by atoms with Crippen LogP contribution in [0.4, 0.5) is 0 Å². The highest BCUT2D eigenvalue weighted by molar-refractivity contribution is 6.15. The molecule has 0 radical (unpaired) electrons. The fraction of sp³-hybridized carbons (Fsp3) is 0. The number of aromatic nitrogens is 5. The van der Waals surface area contributed by atoms with E-state index in [-0.39, 0.29) is 0 Å². The van der Waals surface area contributed by atoms with Crippen LogP contribution < -0.4 is 0 Å². The predicted molar refractivity (Wildman–Crippen MR) is 437 cm³/mol. The molecular weight excluding hydrogens is 1300 g/mol. The molecule has 0 atom stereocenters. The van der Waals surface area contributed by atoms with Gasteiger partial charge >= 0.3 is 0 Å². The van der Waals surface area contributed by atoms with E-state index in [1.165, 1.54) is 32.3 Å². The lowest BCUT2D eigenvalue weighted by Crippen LogP contribution is -1.98. The van der Waals surface area contributed by atoms with E-state index in [1.807, 2.05) is 36.4 Å². The molecule has 0 N–H and O–H groups in total. The van der Waals surface area contributed by atoms with Gasteiger partial charge in [-0.3, -0.25) is 0 Å². The molecular formula is C98H57N5O3. The molecule has 0 aliphatic rings. The van der Waals surface area contributed by atoms with Gasteiger partial charge in [-0.1, -0.05) is 194 Å². The van der Waals surface area contributed by atoms with Crippen molar-refractivity contribution in [3.05, 3.63) is 346 Å². The molecule has 106 heavy (non-hydrogen) atoms. The fourth-order valence-corrected chi connectivity index (χ4v) is 17.0. The van der Waals surface area contributed by atoms with Crippen LogP contribution in [0.3, 0.4) is 0 Å². The highest BCUT2D eigenvalue weighted by Crippen LogP contribution is 2.44. The third kappa shape index (κ3) is 8.95. The first-order valence-electron chi connectivity index (χ1n) is 36.0. The lowest BCUT2D eigenvalue weighted by Gasteiger charge is -2.14. The van der Waals surface area contributed by atoms with E-state index in [1.54, 1.807) is 0 Å². The Bertz CT molecular complexity index is 7650. The summed E-state index contributed by atoms with van der Waals surface area (Å²) in [7, 11) is 0. The average molecular weight is 1350 g/mol. The van der Waals surface area contributed by atoms with Crippen LogP contribution >= 0.6 is 0 Å². The minimum Gasteiger partial charge on any atom is -0.456 e. The van der Waals surface area contributed by atoms with Gasteiger partial charge in [0.1, 0.15) is 33.5 Å². The van der Waals surface area contributed by atoms with Crippen molar-refractivity contribution < 1.29 is 13.3 Å². The van der Waals surface area contributed by atoms with Crippen LogP contribution in [0.5, 0.6) is 0 Å². The maximum atomic E-state index is 6.41. The van der Waals surface area contributed by atoms with Gasteiger partial charge in [-0.15, -0.1) is 0 Å². The van der Waals surface area contributed by atoms with Crippen molar-refractivity contribution in [1.82, 2.24) is 23.7 Å². The Morgan fingerprint density at radius 3 is 0.943 bits per heavy atom. The van der Waals surface area contributed by atoms with Gasteiger partial charge in [0.05, 0.1) is 44.3 Å². The molecule has 0 fully saturated rings. The predicted octanol–water partition coefficient (Wildman–Crippen LogP) is 26.6. The molecule has 492 valence electrons. The molecule has 8 nitrogen and oxygen atoms in total. The fourth-order valence-electron chi connectivity index (χ4n) is 17.0. The van der Waals surface area contributed by atoms with Crippen molar-refractivity contribution in [2.75, 3.05) is 0 Å². The third-order valence-electron chi connectivity index (χ3n) is 22.1. The van der Waals surface area contributed by atoms with Gasteiger partial charge in [-0.2, -0.15) is 0 Å². The van der Waals surface area contributed by atoms with Gasteiger partial charge in [-0.05, 0) is 196 Å². The number of benzene rings is 16. The zero-order valence-corrected chi connectivity index (χ0v) is 56.9. The molecule has 0 saturated carbocycles. The smallest absolute Gasteiger partial charge is 0.160 e. The molecule has 0 spiro atoms. The minimum absolute atomic E-state index is 0.636. The molecule has 0 saturated heterocycles. The van der Waals surface area contributed by atoms with Crippen molar-refractivity contribution in [3.63, 3.8) is 0 Å². The van der Waals surface area contributed by atoms with Crippen LogP contribution in [0.1, 0.15) is 0 Å². The van der Waals surface area contributed by atoms with Crippen molar-refractivity contribution in [2.24, 2.45) is 0 Å². The van der Waals surface area contributed by atoms with Gasteiger partial charge in [0.15, 0.2) is 5.82 Å². The van der Waals surface area contributed by atoms with E-state index in [0.29, 0.717) is 5.82 Å². The summed E-state index contributed by atoms with van der Waals surface area (Å²) in [5.74, 6) is 0.636. The average Bonchev–Trinajstić information content (AvgIpc) is 1.63. The SMILES string of the molecule is c1cc(-c2ccc3nc(-c4ccc(-n5c6ccccc6c6ccc(-c7ccc8c(c7)oc7ccccc78)cc65)cc4)nc(-c4ccc(-n5c6ccccc6c6ccc(-c7ccc8c(c7)oc7ccccc78)cc65)cc4)c3c2)cc(-n2c3ccccc3c3ccc(-c4ccc5c(c4)oc4ccccc45)cc32)c1. The van der Waals surface area contributed by atoms with E-state index in [4.69, 9.17) is 23.2 Å². The second-order valence-electron chi connectivity index (χ2n) is 28.0. The van der Waals surface area contributed by atoms with Crippen LogP contribution in [0.2, 0.25) is 0 Å². The summed E-state index contributed by atoms with van der Waals surface area (Å²) in [6.45, 7) is 0. The first kappa shape index (κ1) is 58.3. The van der Waals surface area contributed by atoms with Gasteiger partial charge in [0.2, 0.25) is 0 Å². The molecule has 7 heterocycles. The maximum absolute atomic E-state index is 6.41. The Morgan fingerprint density at radius 2 is 0.500 bits per heavy atom. The number of rotatable bonds is 9. The number of furan rings is 3. The van der Waals surface area contributed by atoms with Gasteiger partial charge in [-0.25, -0.2) is 9.97 Å². The Hall–Kier alpha value is -14.3. The lowest BCUT2D eigenvalue weighted by molar-refractivity contribution is 0.668. The van der Waals surface area contributed by atoms with Gasteiger partial charge in [0.25, 0.3) is 0 Å². The molecule has 0 bridgehead atoms. The number of fused-ring (bicyclic) bond motifs is 19. The first-order chi connectivity index (χ1) is 52.5. The van der Waals surface area contributed by atoms with Crippen LogP contribution in [-0.4, -0.2) is 23.7 Å². The summed E-state index contributed by atoms with van der Waals surface area (Å²) in [4.78, 5) is 11.1. The van der Waals surface area contributed by atoms with Crippen molar-refractivity contribution in [3.8, 4) is 84.2 Å². The molecule has 8 heteroatoms. The van der Waals surface area contributed by atoms with Crippen LogP contribution in [0, 0.1) is 0 Å². The van der Waals surface area contributed by atoms with Crippen molar-refractivity contribution in [2.45, 2.75) is 0 Å². The highest BCUT2D eigenvalue weighted by Gasteiger charge is 2.22. The molecule has 0 aliphatic carbocycles. The molecule has 7 aromatic heterocycles. The Morgan fingerprint density at radius 1 is 0.179 bits per heavy atom. The van der Waals surface area contributed by atoms with E-state index < -0.39 is 0 Å². The number of hydrogen-bond donors (Lipinski definition) is 0. The summed E-state index contributed by atoms with van der Waals surface area (Å²) in [6.07, 6.45) is 0. The van der Waals surface area contributed by atoms with E-state index in [2.05, 4.69) is 323 Å². The summed E-state index contributed by atoms with van der Waals surface area (Å²) in [6, 6.07) is 124. The summed E-state index contributed by atoms with van der Waals surface area (Å²) in [5, 5.41) is 14.8. The zero-order chi connectivity index (χ0) is 69.2. The van der Waals surface area contributed by atoms with Crippen LogP contribution in [0.15, 0.2) is 359 Å². The minimum atomic E-state index is 0.636. The summed E-state index contributed by atoms with van der Waals surface area (Å²) in [5.41, 5.74) is 27.5. The third-order valence-corrected chi connectivity index (χ3v) is 22.1. The second-order valence-corrected chi connectivity index (χ2v) is 28.0. The van der Waals surface area contributed by atoms with Crippen LogP contribution in [0.25, 0.3) is 226 Å². The van der Waals surface area contributed by atoms with Crippen molar-refractivity contribution in [1.29, 1.82) is 0 Å². The number of para-hydroxylation sites is 6. The highest BCUT2D eigenvalue weighted by atomic mass is 16.3. The summed E-state index contributed by atoms with van der Waals surface area (Å²) >= 11 is 0. The number of hydrogen-bond acceptors (Lipinski definition) is 5. The second kappa shape index (κ2) is 22.6. The van der Waals surface area contributed by atoms with Gasteiger partial charge in [0, 0.05) is 98.2 Å². The van der Waals surface area contributed by atoms with E-state index in [9.17, 15) is 0 Å². The monoisotopic (exact) mass is 1350 g/mol. The maximum Gasteiger partial charge on any atom is 0.160 e. The molecule has 23 aromatic rings. The largest absolute Gasteiger partial charge is 0.456 e. The standard InChI is InChI=1S/C98H57N5O3/c1-7-22-85-71(16-1)74-43-32-62(65-35-46-80-77-19-4-10-25-91(77)104-94(80)55-65)52-88(74)101(85)68-39-28-58(29-40-68)97-83-51-61(60-14-13-15-70(50-60)103-87-24-9-3-18-73(87)76-45-34-64(54-90(76)103)67-37-48-82-79-21-6-12-27-93(79)106-96(82)57-67)38-49-84(83)99-98(100-97)59-30-41-69(42-31-59)102-86-23-8-2-17-72(86)75-44-33-63(53-89(75)102)66-36-47-81-78-20-5-11-26-92(78)105-95(81)56-66/h1-57H. The molecule has 23 rings (SSSR count). The molecule has 16 aromatic carbocycles. The Labute approximate surface area is 605 Å². The number of nitrogens with zero attached hydrogens (tertiary/aromatic N) is 5. The Balaban J connectivity index is 0.653. The van der Waals surface area contributed by atoms with E-state index in [0.717, 1.165) is 188 Å². The zero-order valence-electron chi connectivity index (χ0n) is 56.9. The lowest BCUT2D eigenvalue weighted by atomic mass is 9.99. The quantitative estimate of drug-likeness (QED) is 0.144. The summed E-state index contributed by atoms with van der Waals surface area (Å²) < 4.78 is 26.4. The van der Waals surface area contributed by atoms with Gasteiger partial charge < -0.3 is 27.0 Å². The molecule has 0 amide bonds. The van der Waals surface area contributed by atoms with E-state index >= 15 is 0 Å².